The molecule has 4 heteroatoms. The fraction of sp³-hybridized carbons (Fsp3) is 0.143. The SMILES string of the molecule is Cc1cccnc1-c1nc2c(CN)cccc2[nH]1. The molecule has 90 valence electrons. The van der Waals surface area contributed by atoms with Crippen molar-refractivity contribution < 1.29 is 0 Å². The maximum Gasteiger partial charge on any atom is 0.157 e. The first-order chi connectivity index (χ1) is 8.79. The van der Waals surface area contributed by atoms with Crippen molar-refractivity contribution in [2.24, 2.45) is 5.73 Å². The normalized spacial score (nSPS) is 11.0. The Kier molecular flexibility index (Phi) is 2.57. The summed E-state index contributed by atoms with van der Waals surface area (Å²) in [6, 6.07) is 9.94. The average Bonchev–Trinajstić information content (AvgIpc) is 2.82. The van der Waals surface area contributed by atoms with Gasteiger partial charge in [0.2, 0.25) is 0 Å². The van der Waals surface area contributed by atoms with Crippen LogP contribution in [-0.2, 0) is 6.54 Å². The van der Waals surface area contributed by atoms with Gasteiger partial charge >= 0.3 is 0 Å². The van der Waals surface area contributed by atoms with E-state index in [0.717, 1.165) is 33.7 Å². The molecule has 0 bridgehead atoms. The quantitative estimate of drug-likeness (QED) is 0.720. The van der Waals surface area contributed by atoms with Crippen LogP contribution in [0.25, 0.3) is 22.6 Å². The Morgan fingerprint density at radius 3 is 2.89 bits per heavy atom. The largest absolute Gasteiger partial charge is 0.337 e. The molecule has 3 N–H and O–H groups in total. The molecule has 0 saturated heterocycles. The number of fused-ring (bicyclic) bond motifs is 1. The minimum absolute atomic E-state index is 0.489. The highest BCUT2D eigenvalue weighted by molar-refractivity contribution is 5.82. The van der Waals surface area contributed by atoms with Gasteiger partial charge in [-0.25, -0.2) is 4.98 Å². The standard InChI is InChI=1S/C14H14N4/c1-9-4-3-7-16-12(9)14-17-11-6-2-5-10(8-15)13(11)18-14/h2-7H,8,15H2,1H3,(H,17,18). The van der Waals surface area contributed by atoms with E-state index in [1.54, 1.807) is 6.20 Å². The average molecular weight is 238 g/mol. The third-order valence-corrected chi connectivity index (χ3v) is 3.05. The highest BCUT2D eigenvalue weighted by atomic mass is 14.9. The molecule has 0 aliphatic carbocycles. The van der Waals surface area contributed by atoms with E-state index in [0.29, 0.717) is 6.54 Å². The number of para-hydroxylation sites is 1. The van der Waals surface area contributed by atoms with Gasteiger partial charge in [-0.05, 0) is 30.2 Å². The summed E-state index contributed by atoms with van der Waals surface area (Å²) < 4.78 is 0. The van der Waals surface area contributed by atoms with E-state index in [1.165, 1.54) is 0 Å². The molecular formula is C14H14N4. The van der Waals surface area contributed by atoms with Gasteiger partial charge in [-0.3, -0.25) is 4.98 Å². The van der Waals surface area contributed by atoms with Crippen molar-refractivity contribution in [1.82, 2.24) is 15.0 Å². The van der Waals surface area contributed by atoms with Crippen LogP contribution in [0.15, 0.2) is 36.5 Å². The number of nitrogens with zero attached hydrogens (tertiary/aromatic N) is 2. The number of aromatic nitrogens is 3. The molecule has 0 radical (unpaired) electrons. The lowest BCUT2D eigenvalue weighted by molar-refractivity contribution is 1.08. The summed E-state index contributed by atoms with van der Waals surface area (Å²) >= 11 is 0. The number of H-pyrrole nitrogens is 1. The van der Waals surface area contributed by atoms with Crippen molar-refractivity contribution in [1.29, 1.82) is 0 Å². The molecule has 2 aromatic heterocycles. The molecule has 0 aliphatic rings. The molecule has 0 saturated carbocycles. The minimum atomic E-state index is 0.489. The summed E-state index contributed by atoms with van der Waals surface area (Å²) in [6.45, 7) is 2.52. The summed E-state index contributed by atoms with van der Waals surface area (Å²) in [4.78, 5) is 12.3. The first-order valence-corrected chi connectivity index (χ1v) is 5.89. The summed E-state index contributed by atoms with van der Waals surface area (Å²) in [6.07, 6.45) is 1.78. The second-order valence-corrected chi connectivity index (χ2v) is 4.27. The smallest absolute Gasteiger partial charge is 0.157 e. The monoisotopic (exact) mass is 238 g/mol. The van der Waals surface area contributed by atoms with E-state index in [9.17, 15) is 0 Å². The maximum absolute atomic E-state index is 5.72. The van der Waals surface area contributed by atoms with E-state index in [-0.39, 0.29) is 0 Å². The number of pyridine rings is 1. The van der Waals surface area contributed by atoms with Crippen molar-refractivity contribution in [2.75, 3.05) is 0 Å². The predicted molar refractivity (Wildman–Crippen MR) is 72.0 cm³/mol. The first-order valence-electron chi connectivity index (χ1n) is 5.89. The van der Waals surface area contributed by atoms with Crippen molar-refractivity contribution in [3.63, 3.8) is 0 Å². The van der Waals surface area contributed by atoms with Crippen LogP contribution in [0.3, 0.4) is 0 Å². The Hall–Kier alpha value is -2.20. The van der Waals surface area contributed by atoms with E-state index in [4.69, 9.17) is 5.73 Å². The Morgan fingerprint density at radius 2 is 2.11 bits per heavy atom. The lowest BCUT2D eigenvalue weighted by Crippen LogP contribution is -1.96. The molecule has 0 unspecified atom stereocenters. The van der Waals surface area contributed by atoms with Crippen LogP contribution in [0.4, 0.5) is 0 Å². The highest BCUT2D eigenvalue weighted by Crippen LogP contribution is 2.23. The highest BCUT2D eigenvalue weighted by Gasteiger charge is 2.10. The van der Waals surface area contributed by atoms with Gasteiger partial charge in [-0.15, -0.1) is 0 Å². The van der Waals surface area contributed by atoms with Crippen LogP contribution < -0.4 is 5.73 Å². The van der Waals surface area contributed by atoms with Gasteiger partial charge in [0.15, 0.2) is 5.82 Å². The molecule has 3 rings (SSSR count). The Balaban J connectivity index is 2.23. The maximum atomic E-state index is 5.72. The molecule has 0 fully saturated rings. The molecule has 4 nitrogen and oxygen atoms in total. The van der Waals surface area contributed by atoms with Gasteiger partial charge in [-0.2, -0.15) is 0 Å². The molecular weight excluding hydrogens is 224 g/mol. The molecule has 3 aromatic rings. The number of benzene rings is 1. The van der Waals surface area contributed by atoms with Crippen LogP contribution >= 0.6 is 0 Å². The van der Waals surface area contributed by atoms with Gasteiger partial charge in [-0.1, -0.05) is 18.2 Å². The molecule has 0 amide bonds. The fourth-order valence-electron chi connectivity index (χ4n) is 2.10. The number of hydrogen-bond donors (Lipinski definition) is 2. The van der Waals surface area contributed by atoms with Crippen LogP contribution in [0.1, 0.15) is 11.1 Å². The van der Waals surface area contributed by atoms with Crippen molar-refractivity contribution in [2.45, 2.75) is 13.5 Å². The number of imidazole rings is 1. The van der Waals surface area contributed by atoms with Crippen LogP contribution in [0.5, 0.6) is 0 Å². The number of nitrogens with one attached hydrogen (secondary N) is 1. The Bertz CT molecular complexity index is 700. The number of rotatable bonds is 2. The van der Waals surface area contributed by atoms with E-state index >= 15 is 0 Å². The third-order valence-electron chi connectivity index (χ3n) is 3.05. The summed E-state index contributed by atoms with van der Waals surface area (Å²) in [5.74, 6) is 0.795. The van der Waals surface area contributed by atoms with E-state index < -0.39 is 0 Å². The fourth-order valence-corrected chi connectivity index (χ4v) is 2.10. The second-order valence-electron chi connectivity index (χ2n) is 4.27. The topological polar surface area (TPSA) is 67.6 Å². The lowest BCUT2D eigenvalue weighted by Gasteiger charge is -1.99. The summed E-state index contributed by atoms with van der Waals surface area (Å²) in [5.41, 5.74) is 10.7. The molecule has 0 atom stereocenters. The van der Waals surface area contributed by atoms with Crippen molar-refractivity contribution in [3.05, 3.63) is 47.7 Å². The van der Waals surface area contributed by atoms with Gasteiger partial charge in [0.05, 0.1) is 11.0 Å². The van der Waals surface area contributed by atoms with Crippen LogP contribution in [-0.4, -0.2) is 15.0 Å². The zero-order valence-electron chi connectivity index (χ0n) is 10.1. The number of hydrogen-bond acceptors (Lipinski definition) is 3. The summed E-state index contributed by atoms with van der Waals surface area (Å²) in [7, 11) is 0. The van der Waals surface area contributed by atoms with Gasteiger partial charge in [0.1, 0.15) is 5.69 Å². The molecule has 18 heavy (non-hydrogen) atoms. The lowest BCUT2D eigenvalue weighted by atomic mass is 10.2. The molecule has 2 heterocycles. The minimum Gasteiger partial charge on any atom is -0.337 e. The van der Waals surface area contributed by atoms with Crippen LogP contribution in [0, 0.1) is 6.92 Å². The second kappa shape index (κ2) is 4.23. The zero-order chi connectivity index (χ0) is 12.5. The molecule has 1 aromatic carbocycles. The summed E-state index contributed by atoms with van der Waals surface area (Å²) in [5, 5.41) is 0. The zero-order valence-corrected chi connectivity index (χ0v) is 10.1. The first kappa shape index (κ1) is 10.9. The van der Waals surface area contributed by atoms with E-state index in [2.05, 4.69) is 15.0 Å². The predicted octanol–water partition coefficient (Wildman–Crippen LogP) is 2.39. The number of aryl methyl sites for hydroxylation is 1. The van der Waals surface area contributed by atoms with Crippen molar-refractivity contribution in [3.8, 4) is 11.5 Å². The van der Waals surface area contributed by atoms with Crippen LogP contribution in [0.2, 0.25) is 0 Å². The van der Waals surface area contributed by atoms with Gasteiger partial charge in [0, 0.05) is 12.7 Å². The molecule has 0 aliphatic heterocycles. The van der Waals surface area contributed by atoms with Crippen molar-refractivity contribution >= 4 is 11.0 Å². The number of nitrogens with two attached hydrogens (primary N) is 1. The Labute approximate surface area is 105 Å². The van der Waals surface area contributed by atoms with E-state index in [1.807, 2.05) is 37.3 Å². The molecule has 0 spiro atoms. The Morgan fingerprint density at radius 1 is 1.22 bits per heavy atom. The third kappa shape index (κ3) is 1.67. The van der Waals surface area contributed by atoms with Gasteiger partial charge in [0.25, 0.3) is 0 Å². The van der Waals surface area contributed by atoms with Gasteiger partial charge < -0.3 is 10.7 Å². The number of aromatic amines is 1.